The summed E-state index contributed by atoms with van der Waals surface area (Å²) in [7, 11) is 0. The molecule has 0 N–H and O–H groups in total. The van der Waals surface area contributed by atoms with Crippen molar-refractivity contribution in [3.8, 4) is 22.3 Å². The molecule has 0 fully saturated rings. The molecule has 102 valence electrons. The van der Waals surface area contributed by atoms with E-state index in [2.05, 4.69) is 79.4 Å². The molecule has 0 unspecified atom stereocenters. The second-order valence-electron chi connectivity index (χ2n) is 5.10. The van der Waals surface area contributed by atoms with Crippen LogP contribution in [0.1, 0.15) is 5.56 Å². The minimum Gasteiger partial charge on any atom is -0.103 e. The summed E-state index contributed by atoms with van der Waals surface area (Å²) in [4.78, 5) is 0. The highest BCUT2D eigenvalue weighted by molar-refractivity contribution is 5.75. The van der Waals surface area contributed by atoms with Crippen LogP contribution in [0.4, 0.5) is 0 Å². The summed E-state index contributed by atoms with van der Waals surface area (Å²) in [6, 6.07) is 27.7. The van der Waals surface area contributed by atoms with Crippen molar-refractivity contribution in [3.05, 3.63) is 97.1 Å². The number of rotatable bonds is 4. The Morgan fingerprint density at radius 2 is 1.29 bits per heavy atom. The molecule has 3 aromatic carbocycles. The standard InChI is InChI=1S/C21H18/c1-2-9-18-14-15-20(17-10-5-3-6-11-17)16-21(18)19-12-7-4-8-13-19/h2-8,10-16H,1,9H2. The predicted octanol–water partition coefficient (Wildman–Crippen LogP) is 5.75. The highest BCUT2D eigenvalue weighted by atomic mass is 14.1. The predicted molar refractivity (Wildman–Crippen MR) is 91.2 cm³/mol. The van der Waals surface area contributed by atoms with Gasteiger partial charge in [0.15, 0.2) is 0 Å². The molecule has 0 aromatic heterocycles. The monoisotopic (exact) mass is 270 g/mol. The van der Waals surface area contributed by atoms with E-state index >= 15 is 0 Å². The lowest BCUT2D eigenvalue weighted by Gasteiger charge is -2.11. The van der Waals surface area contributed by atoms with E-state index in [1.807, 2.05) is 12.1 Å². The molecular formula is C21H18. The van der Waals surface area contributed by atoms with Crippen LogP contribution in [0.2, 0.25) is 0 Å². The van der Waals surface area contributed by atoms with Crippen LogP contribution in [0.15, 0.2) is 91.5 Å². The Kier molecular flexibility index (Phi) is 3.97. The van der Waals surface area contributed by atoms with Gasteiger partial charge in [-0.25, -0.2) is 0 Å². The molecule has 0 heterocycles. The van der Waals surface area contributed by atoms with Crippen molar-refractivity contribution in [2.24, 2.45) is 0 Å². The van der Waals surface area contributed by atoms with Crippen LogP contribution in [-0.4, -0.2) is 0 Å². The minimum absolute atomic E-state index is 0.888. The van der Waals surface area contributed by atoms with Crippen molar-refractivity contribution < 1.29 is 0 Å². The molecule has 0 aliphatic heterocycles. The van der Waals surface area contributed by atoms with E-state index in [4.69, 9.17) is 0 Å². The van der Waals surface area contributed by atoms with Crippen LogP contribution in [0, 0.1) is 0 Å². The number of hydrogen-bond donors (Lipinski definition) is 0. The lowest BCUT2D eigenvalue weighted by atomic mass is 9.93. The summed E-state index contributed by atoms with van der Waals surface area (Å²) in [5.74, 6) is 0. The van der Waals surface area contributed by atoms with Gasteiger partial charge in [0.2, 0.25) is 0 Å². The van der Waals surface area contributed by atoms with Crippen molar-refractivity contribution >= 4 is 0 Å². The molecule has 3 rings (SSSR count). The van der Waals surface area contributed by atoms with E-state index in [0.29, 0.717) is 0 Å². The largest absolute Gasteiger partial charge is 0.103 e. The summed E-state index contributed by atoms with van der Waals surface area (Å²) in [6.45, 7) is 3.87. The van der Waals surface area contributed by atoms with E-state index in [1.165, 1.54) is 27.8 Å². The van der Waals surface area contributed by atoms with E-state index < -0.39 is 0 Å². The SMILES string of the molecule is C=CCc1ccc(-c2ccccc2)cc1-c1ccccc1. The van der Waals surface area contributed by atoms with Gasteiger partial charge in [0.25, 0.3) is 0 Å². The molecule has 0 aliphatic rings. The molecule has 21 heavy (non-hydrogen) atoms. The first-order valence-electron chi connectivity index (χ1n) is 7.23. The second-order valence-corrected chi connectivity index (χ2v) is 5.10. The molecule has 0 aliphatic carbocycles. The third-order valence-electron chi connectivity index (χ3n) is 3.67. The van der Waals surface area contributed by atoms with Gasteiger partial charge in [0.1, 0.15) is 0 Å². The zero-order valence-electron chi connectivity index (χ0n) is 12.0. The maximum atomic E-state index is 3.87. The average molecular weight is 270 g/mol. The van der Waals surface area contributed by atoms with Gasteiger partial charge in [0.05, 0.1) is 0 Å². The maximum absolute atomic E-state index is 3.87. The molecule has 0 bridgehead atoms. The summed E-state index contributed by atoms with van der Waals surface area (Å²) < 4.78 is 0. The Balaban J connectivity index is 2.13. The topological polar surface area (TPSA) is 0 Å². The van der Waals surface area contributed by atoms with Gasteiger partial charge in [0, 0.05) is 0 Å². The first-order chi connectivity index (χ1) is 10.4. The van der Waals surface area contributed by atoms with Gasteiger partial charge in [-0.05, 0) is 40.3 Å². The minimum atomic E-state index is 0.888. The Labute approximate surface area is 126 Å². The van der Waals surface area contributed by atoms with Gasteiger partial charge >= 0.3 is 0 Å². The molecule has 3 aromatic rings. The molecule has 0 spiro atoms. The van der Waals surface area contributed by atoms with Crippen LogP contribution in [0.5, 0.6) is 0 Å². The van der Waals surface area contributed by atoms with E-state index in [0.717, 1.165) is 6.42 Å². The normalized spacial score (nSPS) is 10.3. The highest BCUT2D eigenvalue weighted by Crippen LogP contribution is 2.30. The van der Waals surface area contributed by atoms with E-state index in [-0.39, 0.29) is 0 Å². The molecular weight excluding hydrogens is 252 g/mol. The molecule has 0 radical (unpaired) electrons. The van der Waals surface area contributed by atoms with Crippen LogP contribution in [0.3, 0.4) is 0 Å². The van der Waals surface area contributed by atoms with Crippen molar-refractivity contribution in [1.82, 2.24) is 0 Å². The first-order valence-corrected chi connectivity index (χ1v) is 7.23. The Bertz CT molecular complexity index is 725. The summed E-state index contributed by atoms with van der Waals surface area (Å²) in [5.41, 5.74) is 6.36. The van der Waals surface area contributed by atoms with Gasteiger partial charge in [-0.1, -0.05) is 78.9 Å². The number of allylic oxidation sites excluding steroid dienone is 1. The molecule has 0 saturated carbocycles. The Morgan fingerprint density at radius 3 is 1.90 bits per heavy atom. The van der Waals surface area contributed by atoms with Gasteiger partial charge in [-0.15, -0.1) is 6.58 Å². The fraction of sp³-hybridized carbons (Fsp3) is 0.0476. The third-order valence-corrected chi connectivity index (χ3v) is 3.67. The molecule has 0 amide bonds. The number of hydrogen-bond acceptors (Lipinski definition) is 0. The summed E-state index contributed by atoms with van der Waals surface area (Å²) >= 11 is 0. The third kappa shape index (κ3) is 2.95. The fourth-order valence-corrected chi connectivity index (χ4v) is 2.61. The highest BCUT2D eigenvalue weighted by Gasteiger charge is 2.06. The van der Waals surface area contributed by atoms with Gasteiger partial charge in [-0.3, -0.25) is 0 Å². The van der Waals surface area contributed by atoms with Gasteiger partial charge in [-0.2, -0.15) is 0 Å². The lowest BCUT2D eigenvalue weighted by molar-refractivity contribution is 1.28. The molecule has 0 heteroatoms. The summed E-state index contributed by atoms with van der Waals surface area (Å²) in [5, 5.41) is 0. The van der Waals surface area contributed by atoms with Crippen LogP contribution in [-0.2, 0) is 6.42 Å². The fourth-order valence-electron chi connectivity index (χ4n) is 2.61. The summed E-state index contributed by atoms with van der Waals surface area (Å²) in [6.07, 6.45) is 2.85. The molecule has 0 saturated heterocycles. The van der Waals surface area contributed by atoms with E-state index in [1.54, 1.807) is 0 Å². The Hall–Kier alpha value is -2.60. The Morgan fingerprint density at radius 1 is 0.667 bits per heavy atom. The average Bonchev–Trinajstić information content (AvgIpc) is 2.57. The zero-order chi connectivity index (χ0) is 14.5. The van der Waals surface area contributed by atoms with Crippen molar-refractivity contribution in [1.29, 1.82) is 0 Å². The van der Waals surface area contributed by atoms with Crippen LogP contribution < -0.4 is 0 Å². The molecule has 0 atom stereocenters. The molecule has 0 nitrogen and oxygen atoms in total. The maximum Gasteiger partial charge on any atom is -0.00940 e. The lowest BCUT2D eigenvalue weighted by Crippen LogP contribution is -1.89. The van der Waals surface area contributed by atoms with Crippen molar-refractivity contribution in [2.75, 3.05) is 0 Å². The van der Waals surface area contributed by atoms with E-state index in [9.17, 15) is 0 Å². The first kappa shape index (κ1) is 13.4. The smallest absolute Gasteiger partial charge is 0.00940 e. The quantitative estimate of drug-likeness (QED) is 0.529. The second kappa shape index (κ2) is 6.23. The van der Waals surface area contributed by atoms with Crippen molar-refractivity contribution in [3.63, 3.8) is 0 Å². The number of benzene rings is 3. The van der Waals surface area contributed by atoms with Crippen LogP contribution >= 0.6 is 0 Å². The van der Waals surface area contributed by atoms with Gasteiger partial charge < -0.3 is 0 Å². The van der Waals surface area contributed by atoms with Crippen molar-refractivity contribution in [2.45, 2.75) is 6.42 Å². The zero-order valence-corrected chi connectivity index (χ0v) is 12.0. The van der Waals surface area contributed by atoms with Crippen LogP contribution in [0.25, 0.3) is 22.3 Å².